The van der Waals surface area contributed by atoms with E-state index in [0.29, 0.717) is 18.5 Å². The smallest absolute Gasteiger partial charge is 0.234 e. The number of piperidine rings is 1. The number of rotatable bonds is 1. The summed E-state index contributed by atoms with van der Waals surface area (Å²) in [4.78, 5) is 23.0. The van der Waals surface area contributed by atoms with E-state index in [-0.39, 0.29) is 23.8 Å². The maximum Gasteiger partial charge on any atom is 0.234 e. The Morgan fingerprint density at radius 2 is 2.17 bits per heavy atom. The molecule has 2 amide bonds. The second-order valence-electron chi connectivity index (χ2n) is 4.74. The Hall–Kier alpha value is -2.04. The molecule has 0 bridgehead atoms. The monoisotopic (exact) mass is 246 g/mol. The minimum Gasteiger partial charge on any atom is -0.493 e. The number of nitrogens with one attached hydrogen (secondary N) is 1. The van der Waals surface area contributed by atoms with Crippen LogP contribution in [0.4, 0.5) is 0 Å². The van der Waals surface area contributed by atoms with Gasteiger partial charge in [-0.15, -0.1) is 0 Å². The Balaban J connectivity index is 1.87. The van der Waals surface area contributed by atoms with Gasteiger partial charge in [0.25, 0.3) is 0 Å². The minimum atomic E-state index is -0.301. The molecule has 2 aliphatic heterocycles. The summed E-state index contributed by atoms with van der Waals surface area (Å²) in [6.45, 7) is 0. The van der Waals surface area contributed by atoms with Crippen molar-refractivity contribution < 1.29 is 14.3 Å². The van der Waals surface area contributed by atoms with E-state index in [0.717, 1.165) is 17.6 Å². The van der Waals surface area contributed by atoms with Crippen LogP contribution in [0.2, 0.25) is 0 Å². The molecule has 94 valence electrons. The molecule has 5 heteroatoms. The third-order valence-electron chi connectivity index (χ3n) is 3.54. The predicted octanol–water partition coefficient (Wildman–Crippen LogP) is 0.495. The molecule has 18 heavy (non-hydrogen) atoms. The lowest BCUT2D eigenvalue weighted by molar-refractivity contribution is -0.135. The number of carbonyl (C=O) groups excluding carboxylic acids is 2. The van der Waals surface area contributed by atoms with Crippen LogP contribution in [0.15, 0.2) is 35.3 Å². The Morgan fingerprint density at radius 3 is 2.94 bits per heavy atom. The summed E-state index contributed by atoms with van der Waals surface area (Å²) < 4.78 is 5.55. The summed E-state index contributed by atoms with van der Waals surface area (Å²) in [5, 5.41) is 2.37. The zero-order valence-corrected chi connectivity index (χ0v) is 9.81. The first-order valence-electron chi connectivity index (χ1n) is 6.02. The molecule has 3 aliphatic rings. The zero-order chi connectivity index (χ0) is 12.7. The fraction of sp³-hybridized carbons (Fsp3) is 0.385. The summed E-state index contributed by atoms with van der Waals surface area (Å²) in [6.07, 6.45) is 7.02. The maximum atomic E-state index is 11.8. The number of ether oxygens (including phenoxy) is 1. The average Bonchev–Trinajstić information content (AvgIpc) is 2.72. The summed E-state index contributed by atoms with van der Waals surface area (Å²) >= 11 is 0. The first-order chi connectivity index (χ1) is 8.65. The van der Waals surface area contributed by atoms with Crippen LogP contribution in [0.5, 0.6) is 0 Å². The third kappa shape index (κ3) is 1.72. The summed E-state index contributed by atoms with van der Waals surface area (Å²) in [6, 6.07) is 0. The number of hydrogen-bond acceptors (Lipinski definition) is 4. The van der Waals surface area contributed by atoms with Gasteiger partial charge in [0.1, 0.15) is 6.10 Å². The highest BCUT2D eigenvalue weighted by Gasteiger charge is 2.37. The lowest BCUT2D eigenvalue weighted by atomic mass is 9.83. The number of allylic oxidation sites excluding steroid dienone is 1. The highest BCUT2D eigenvalue weighted by Crippen LogP contribution is 2.37. The van der Waals surface area contributed by atoms with Gasteiger partial charge in [0.2, 0.25) is 11.8 Å². The first-order valence-corrected chi connectivity index (χ1v) is 6.02. The number of amides is 2. The van der Waals surface area contributed by atoms with E-state index in [1.807, 2.05) is 12.2 Å². The quantitative estimate of drug-likeness (QED) is 0.660. The van der Waals surface area contributed by atoms with Crippen molar-refractivity contribution in [3.63, 3.8) is 0 Å². The van der Waals surface area contributed by atoms with Crippen molar-refractivity contribution in [2.24, 2.45) is 11.7 Å². The number of imide groups is 1. The fourth-order valence-corrected chi connectivity index (χ4v) is 2.60. The van der Waals surface area contributed by atoms with E-state index < -0.39 is 0 Å². The van der Waals surface area contributed by atoms with Crippen LogP contribution in [0.3, 0.4) is 0 Å². The maximum absolute atomic E-state index is 11.8. The molecule has 1 saturated heterocycles. The van der Waals surface area contributed by atoms with Gasteiger partial charge in [-0.25, -0.2) is 0 Å². The molecule has 0 saturated carbocycles. The highest BCUT2D eigenvalue weighted by atomic mass is 16.5. The Kier molecular flexibility index (Phi) is 2.47. The van der Waals surface area contributed by atoms with Gasteiger partial charge in [-0.05, 0) is 12.5 Å². The highest BCUT2D eigenvalue weighted by molar-refractivity contribution is 6.00. The van der Waals surface area contributed by atoms with Crippen molar-refractivity contribution in [3.8, 4) is 0 Å². The SMILES string of the molecule is NC1=CCC2OC=C(C3CCC(=O)NC3=O)C2=C1. The molecular formula is C13H14N2O3. The van der Waals surface area contributed by atoms with E-state index in [9.17, 15) is 9.59 Å². The van der Waals surface area contributed by atoms with Crippen molar-refractivity contribution in [2.75, 3.05) is 0 Å². The summed E-state index contributed by atoms with van der Waals surface area (Å²) in [5.41, 5.74) is 8.32. The second-order valence-corrected chi connectivity index (χ2v) is 4.74. The number of nitrogens with two attached hydrogens (primary N) is 1. The van der Waals surface area contributed by atoms with Gasteiger partial charge in [-0.3, -0.25) is 14.9 Å². The average molecular weight is 246 g/mol. The normalized spacial score (nSPS) is 30.8. The molecule has 0 aromatic rings. The van der Waals surface area contributed by atoms with Crippen LogP contribution < -0.4 is 11.1 Å². The first kappa shape index (κ1) is 11.1. The van der Waals surface area contributed by atoms with Gasteiger partial charge in [-0.1, -0.05) is 6.08 Å². The second kappa shape index (κ2) is 4.01. The molecule has 1 aliphatic carbocycles. The molecule has 2 unspecified atom stereocenters. The topological polar surface area (TPSA) is 81.4 Å². The Morgan fingerprint density at radius 1 is 1.33 bits per heavy atom. The van der Waals surface area contributed by atoms with Crippen LogP contribution in [0, 0.1) is 5.92 Å². The lowest BCUT2D eigenvalue weighted by Crippen LogP contribution is -2.41. The van der Waals surface area contributed by atoms with Crippen LogP contribution in [0.25, 0.3) is 0 Å². The van der Waals surface area contributed by atoms with E-state index in [2.05, 4.69) is 5.32 Å². The van der Waals surface area contributed by atoms with Gasteiger partial charge in [0.05, 0.1) is 12.2 Å². The lowest BCUT2D eigenvalue weighted by Gasteiger charge is -2.24. The molecule has 2 heterocycles. The fourth-order valence-electron chi connectivity index (χ4n) is 2.60. The van der Waals surface area contributed by atoms with Gasteiger partial charge < -0.3 is 10.5 Å². The van der Waals surface area contributed by atoms with E-state index in [4.69, 9.17) is 10.5 Å². The molecule has 3 rings (SSSR count). The van der Waals surface area contributed by atoms with Crippen LogP contribution >= 0.6 is 0 Å². The van der Waals surface area contributed by atoms with Crippen molar-refractivity contribution in [2.45, 2.75) is 25.4 Å². The zero-order valence-electron chi connectivity index (χ0n) is 9.81. The number of carbonyl (C=O) groups is 2. The largest absolute Gasteiger partial charge is 0.493 e. The Bertz CT molecular complexity index is 516. The molecule has 1 fully saturated rings. The predicted molar refractivity (Wildman–Crippen MR) is 63.8 cm³/mol. The minimum absolute atomic E-state index is 0.0299. The molecule has 0 spiro atoms. The summed E-state index contributed by atoms with van der Waals surface area (Å²) in [5.74, 6) is -0.745. The van der Waals surface area contributed by atoms with Gasteiger partial charge in [0, 0.05) is 29.7 Å². The molecule has 3 N–H and O–H groups in total. The molecular weight excluding hydrogens is 232 g/mol. The van der Waals surface area contributed by atoms with Crippen molar-refractivity contribution in [1.29, 1.82) is 0 Å². The van der Waals surface area contributed by atoms with Gasteiger partial charge in [-0.2, -0.15) is 0 Å². The van der Waals surface area contributed by atoms with E-state index in [1.54, 1.807) is 6.26 Å². The van der Waals surface area contributed by atoms with Crippen LogP contribution in [0.1, 0.15) is 19.3 Å². The number of hydrogen-bond donors (Lipinski definition) is 2. The number of fused-ring (bicyclic) bond motifs is 1. The third-order valence-corrected chi connectivity index (χ3v) is 3.54. The molecule has 0 aromatic heterocycles. The molecule has 0 aromatic carbocycles. The van der Waals surface area contributed by atoms with Crippen molar-refractivity contribution >= 4 is 11.8 Å². The van der Waals surface area contributed by atoms with Crippen LogP contribution in [-0.4, -0.2) is 17.9 Å². The summed E-state index contributed by atoms with van der Waals surface area (Å²) in [7, 11) is 0. The van der Waals surface area contributed by atoms with Crippen molar-refractivity contribution in [1.82, 2.24) is 5.32 Å². The molecule has 0 radical (unpaired) electrons. The van der Waals surface area contributed by atoms with Crippen LogP contribution in [-0.2, 0) is 14.3 Å². The Labute approximate surface area is 104 Å². The van der Waals surface area contributed by atoms with Gasteiger partial charge >= 0.3 is 0 Å². The standard InChI is InChI=1S/C13H14N2O3/c14-7-1-3-11-9(5-7)10(6-18-11)8-2-4-12(16)15-13(8)17/h1,5-6,8,11H,2-4,14H2,(H,15,16,17). The molecule has 5 nitrogen and oxygen atoms in total. The van der Waals surface area contributed by atoms with E-state index >= 15 is 0 Å². The van der Waals surface area contributed by atoms with E-state index in [1.165, 1.54) is 0 Å². The van der Waals surface area contributed by atoms with Crippen molar-refractivity contribution in [3.05, 3.63) is 35.3 Å². The molecule has 2 atom stereocenters. The van der Waals surface area contributed by atoms with Gasteiger partial charge in [0.15, 0.2) is 0 Å².